The second-order valence-electron chi connectivity index (χ2n) is 4.27. The summed E-state index contributed by atoms with van der Waals surface area (Å²) in [5, 5.41) is 8.79. The summed E-state index contributed by atoms with van der Waals surface area (Å²) >= 11 is 0. The van der Waals surface area contributed by atoms with Crippen LogP contribution in [0, 0.1) is 11.3 Å². The molecule has 0 unspecified atom stereocenters. The first-order valence-corrected chi connectivity index (χ1v) is 5.23. The Morgan fingerprint density at radius 1 is 1.33 bits per heavy atom. The predicted octanol–water partition coefficient (Wildman–Crippen LogP) is 2.94. The minimum Gasteiger partial charge on any atom is -0.377 e. The molecule has 15 heavy (non-hydrogen) atoms. The minimum absolute atomic E-state index is 0.480. The van der Waals surface area contributed by atoms with Gasteiger partial charge in [-0.05, 0) is 23.1 Å². The lowest BCUT2D eigenvalue weighted by molar-refractivity contribution is 0.863. The highest BCUT2D eigenvalue weighted by molar-refractivity contribution is 5.55. The van der Waals surface area contributed by atoms with Gasteiger partial charge >= 0.3 is 0 Å². The summed E-state index contributed by atoms with van der Waals surface area (Å²) in [5.74, 6) is 0.513. The van der Waals surface area contributed by atoms with Crippen molar-refractivity contribution in [3.05, 3.63) is 29.3 Å². The molecule has 2 nitrogen and oxygen atoms in total. The molecule has 0 aliphatic rings. The van der Waals surface area contributed by atoms with Crippen LogP contribution in [0.25, 0.3) is 0 Å². The molecule has 1 rings (SSSR count). The van der Waals surface area contributed by atoms with Crippen molar-refractivity contribution in [3.63, 3.8) is 0 Å². The summed E-state index contributed by atoms with van der Waals surface area (Å²) < 4.78 is 0. The second kappa shape index (κ2) is 4.84. The average Bonchev–Trinajstić information content (AvgIpc) is 2.17. The van der Waals surface area contributed by atoms with Gasteiger partial charge in [0.25, 0.3) is 0 Å². The molecular formula is C13H18N2. The van der Waals surface area contributed by atoms with E-state index in [1.54, 1.807) is 0 Å². The first-order chi connectivity index (χ1) is 7.06. The Kier molecular flexibility index (Phi) is 3.74. The van der Waals surface area contributed by atoms with Crippen LogP contribution in [-0.4, -0.2) is 14.1 Å². The largest absolute Gasteiger partial charge is 0.377 e. The molecule has 1 aromatic carbocycles. The number of hydrogen-bond donors (Lipinski definition) is 0. The van der Waals surface area contributed by atoms with Crippen LogP contribution in [-0.2, 0) is 6.42 Å². The van der Waals surface area contributed by atoms with Gasteiger partial charge < -0.3 is 4.90 Å². The normalized spacial score (nSPS) is 10.1. The van der Waals surface area contributed by atoms with Crippen molar-refractivity contribution in [3.8, 4) is 6.07 Å². The second-order valence-corrected chi connectivity index (χ2v) is 4.27. The fourth-order valence-corrected chi connectivity index (χ4v) is 1.63. The molecule has 0 N–H and O–H groups in total. The van der Waals surface area contributed by atoms with Crippen molar-refractivity contribution in [2.45, 2.75) is 26.2 Å². The SMILES string of the molecule is CC(C)c1ccc(N(C)C)c(CC#N)c1. The third kappa shape index (κ3) is 2.73. The smallest absolute Gasteiger partial charge is 0.0670 e. The third-order valence-corrected chi connectivity index (χ3v) is 2.52. The zero-order valence-electron chi connectivity index (χ0n) is 9.91. The average molecular weight is 202 g/mol. The molecule has 2 heteroatoms. The molecule has 0 aromatic heterocycles. The first-order valence-electron chi connectivity index (χ1n) is 5.23. The van der Waals surface area contributed by atoms with Gasteiger partial charge in [-0.15, -0.1) is 0 Å². The standard InChI is InChI=1S/C13H18N2/c1-10(2)11-5-6-13(15(3)4)12(9-11)7-8-14/h5-6,9-10H,7H2,1-4H3. The van der Waals surface area contributed by atoms with Crippen molar-refractivity contribution < 1.29 is 0 Å². The van der Waals surface area contributed by atoms with Crippen molar-refractivity contribution in [1.29, 1.82) is 5.26 Å². The maximum Gasteiger partial charge on any atom is 0.0670 e. The Morgan fingerprint density at radius 2 is 2.00 bits per heavy atom. The molecule has 0 bridgehead atoms. The highest BCUT2D eigenvalue weighted by Crippen LogP contribution is 2.24. The van der Waals surface area contributed by atoms with Gasteiger partial charge in [-0.2, -0.15) is 5.26 Å². The van der Waals surface area contributed by atoms with Crippen LogP contribution < -0.4 is 4.90 Å². The van der Waals surface area contributed by atoms with Gasteiger partial charge in [-0.25, -0.2) is 0 Å². The summed E-state index contributed by atoms with van der Waals surface area (Å²) in [6, 6.07) is 8.60. The monoisotopic (exact) mass is 202 g/mol. The summed E-state index contributed by atoms with van der Waals surface area (Å²) in [7, 11) is 4.01. The number of hydrogen-bond acceptors (Lipinski definition) is 2. The van der Waals surface area contributed by atoms with E-state index in [0.717, 1.165) is 11.3 Å². The third-order valence-electron chi connectivity index (χ3n) is 2.52. The lowest BCUT2D eigenvalue weighted by atomic mass is 9.98. The van der Waals surface area contributed by atoms with Crippen LogP contribution in [0.4, 0.5) is 5.69 Å². The van der Waals surface area contributed by atoms with Gasteiger partial charge in [0.05, 0.1) is 12.5 Å². The maximum atomic E-state index is 8.79. The number of anilines is 1. The quantitative estimate of drug-likeness (QED) is 0.753. The topological polar surface area (TPSA) is 27.0 Å². The highest BCUT2D eigenvalue weighted by Gasteiger charge is 2.07. The Balaban J connectivity index is 3.16. The van der Waals surface area contributed by atoms with Crippen LogP contribution in [0.15, 0.2) is 18.2 Å². The number of rotatable bonds is 3. The van der Waals surface area contributed by atoms with E-state index in [-0.39, 0.29) is 0 Å². The Hall–Kier alpha value is -1.49. The van der Waals surface area contributed by atoms with Crippen molar-refractivity contribution in [2.24, 2.45) is 0 Å². The van der Waals surface area contributed by atoms with E-state index in [1.165, 1.54) is 5.56 Å². The molecule has 0 saturated heterocycles. The van der Waals surface area contributed by atoms with Crippen LogP contribution in [0.5, 0.6) is 0 Å². The van der Waals surface area contributed by atoms with E-state index in [9.17, 15) is 0 Å². The van der Waals surface area contributed by atoms with Crippen LogP contribution in [0.2, 0.25) is 0 Å². The molecule has 0 radical (unpaired) electrons. The molecule has 0 spiro atoms. The predicted molar refractivity (Wildman–Crippen MR) is 64.2 cm³/mol. The van der Waals surface area contributed by atoms with Crippen molar-refractivity contribution >= 4 is 5.69 Å². The number of benzene rings is 1. The molecule has 0 aliphatic carbocycles. The molecule has 0 amide bonds. The van der Waals surface area contributed by atoms with Crippen LogP contribution >= 0.6 is 0 Å². The van der Waals surface area contributed by atoms with Gasteiger partial charge in [0, 0.05) is 19.8 Å². The first kappa shape index (κ1) is 11.6. The fraction of sp³-hybridized carbons (Fsp3) is 0.462. The lowest BCUT2D eigenvalue weighted by Gasteiger charge is -2.18. The molecule has 0 aliphatic heterocycles. The highest BCUT2D eigenvalue weighted by atomic mass is 15.1. The molecule has 80 valence electrons. The lowest BCUT2D eigenvalue weighted by Crippen LogP contribution is -2.11. The molecule has 0 saturated carbocycles. The van der Waals surface area contributed by atoms with Gasteiger partial charge in [-0.3, -0.25) is 0 Å². The summed E-state index contributed by atoms with van der Waals surface area (Å²) in [4.78, 5) is 2.05. The number of nitriles is 1. The van der Waals surface area contributed by atoms with E-state index in [1.807, 2.05) is 14.1 Å². The van der Waals surface area contributed by atoms with Crippen LogP contribution in [0.3, 0.4) is 0 Å². The van der Waals surface area contributed by atoms with Crippen molar-refractivity contribution in [2.75, 3.05) is 19.0 Å². The van der Waals surface area contributed by atoms with E-state index in [4.69, 9.17) is 5.26 Å². The van der Waals surface area contributed by atoms with E-state index < -0.39 is 0 Å². The van der Waals surface area contributed by atoms with Crippen molar-refractivity contribution in [1.82, 2.24) is 0 Å². The zero-order valence-corrected chi connectivity index (χ0v) is 9.91. The van der Waals surface area contributed by atoms with E-state index in [0.29, 0.717) is 12.3 Å². The minimum atomic E-state index is 0.480. The molecule has 1 aromatic rings. The van der Waals surface area contributed by atoms with E-state index >= 15 is 0 Å². The summed E-state index contributed by atoms with van der Waals surface area (Å²) in [6.45, 7) is 4.33. The van der Waals surface area contributed by atoms with Gasteiger partial charge in [-0.1, -0.05) is 26.0 Å². The summed E-state index contributed by atoms with van der Waals surface area (Å²) in [6.07, 6.45) is 0.480. The molecule has 0 fully saturated rings. The molecule has 0 atom stereocenters. The zero-order chi connectivity index (χ0) is 11.4. The van der Waals surface area contributed by atoms with Gasteiger partial charge in [0.2, 0.25) is 0 Å². The van der Waals surface area contributed by atoms with Gasteiger partial charge in [0.1, 0.15) is 0 Å². The summed E-state index contributed by atoms with van der Waals surface area (Å²) in [5.41, 5.74) is 3.56. The fourth-order valence-electron chi connectivity index (χ4n) is 1.63. The Bertz CT molecular complexity index is 373. The molecular weight excluding hydrogens is 184 g/mol. The Labute approximate surface area is 92.1 Å². The van der Waals surface area contributed by atoms with Gasteiger partial charge in [0.15, 0.2) is 0 Å². The molecule has 0 heterocycles. The maximum absolute atomic E-state index is 8.79. The number of nitrogens with zero attached hydrogens (tertiary/aromatic N) is 2. The van der Waals surface area contributed by atoms with E-state index in [2.05, 4.69) is 43.0 Å². The van der Waals surface area contributed by atoms with Crippen LogP contribution in [0.1, 0.15) is 30.9 Å². The Morgan fingerprint density at radius 3 is 2.47 bits per heavy atom.